The van der Waals surface area contributed by atoms with E-state index >= 15 is 0 Å². The Morgan fingerprint density at radius 2 is 1.65 bits per heavy atom. The third-order valence-electron chi connectivity index (χ3n) is 7.97. The molecule has 3 N–H and O–H groups in total. The molecule has 4 aliphatic rings. The molecule has 37 heavy (non-hydrogen) atoms. The van der Waals surface area contributed by atoms with Crippen LogP contribution in [0, 0.1) is 5.92 Å². The topological polar surface area (TPSA) is 73.5 Å². The summed E-state index contributed by atoms with van der Waals surface area (Å²) in [5.74, 6) is 0.298. The molecular formula is C31H32N4O2. The van der Waals surface area contributed by atoms with Gasteiger partial charge in [-0.25, -0.2) is 0 Å². The lowest BCUT2D eigenvalue weighted by Gasteiger charge is -2.45. The van der Waals surface area contributed by atoms with Crippen LogP contribution in [0.1, 0.15) is 52.9 Å². The summed E-state index contributed by atoms with van der Waals surface area (Å²) in [7, 11) is 0. The third-order valence-corrected chi connectivity index (χ3v) is 7.97. The van der Waals surface area contributed by atoms with E-state index in [4.69, 9.17) is 0 Å². The standard InChI is InChI=1S/C31H32N4O2/c1-20(21-8-4-2-5-9-21)32-30(36)24-12-13-26-25(18-24)28(31(37)34-26)29(23-10-6-3-7-11-23)33-27-19-35-16-14-22(27)15-17-35/h2-13,18,20,22,27,33H,14-17,19H2,1H3,(H,32,36)(H,34,37)/t20-,27+/m1/s1. The maximum absolute atomic E-state index is 13.4. The van der Waals surface area contributed by atoms with Crippen LogP contribution >= 0.6 is 0 Å². The molecule has 3 saturated heterocycles. The molecule has 0 spiro atoms. The van der Waals surface area contributed by atoms with Gasteiger partial charge in [-0.2, -0.15) is 0 Å². The second-order valence-electron chi connectivity index (χ2n) is 10.3. The van der Waals surface area contributed by atoms with E-state index in [0.29, 0.717) is 23.1 Å². The van der Waals surface area contributed by atoms with Gasteiger partial charge in [-0.3, -0.25) is 9.59 Å². The average Bonchev–Trinajstić information content (AvgIpc) is 3.28. The maximum atomic E-state index is 13.4. The Balaban J connectivity index is 1.36. The van der Waals surface area contributed by atoms with Crippen molar-refractivity contribution in [2.24, 2.45) is 5.92 Å². The summed E-state index contributed by atoms with van der Waals surface area (Å²) in [4.78, 5) is 29.1. The Labute approximate surface area is 217 Å². The highest BCUT2D eigenvalue weighted by atomic mass is 16.2. The van der Waals surface area contributed by atoms with Crippen molar-refractivity contribution in [1.82, 2.24) is 15.5 Å². The number of hydrogen-bond donors (Lipinski definition) is 3. The number of amides is 2. The van der Waals surface area contributed by atoms with E-state index in [1.54, 1.807) is 6.07 Å². The van der Waals surface area contributed by atoms with Crippen LogP contribution in [0.25, 0.3) is 11.3 Å². The second-order valence-corrected chi connectivity index (χ2v) is 10.3. The molecule has 188 valence electrons. The third kappa shape index (κ3) is 4.65. The van der Waals surface area contributed by atoms with Crippen molar-refractivity contribution in [3.63, 3.8) is 0 Å². The van der Waals surface area contributed by atoms with E-state index < -0.39 is 0 Å². The molecule has 0 radical (unpaired) electrons. The minimum Gasteiger partial charge on any atom is -0.380 e. The van der Waals surface area contributed by atoms with Gasteiger partial charge in [0.1, 0.15) is 0 Å². The van der Waals surface area contributed by atoms with Gasteiger partial charge in [0.2, 0.25) is 0 Å². The van der Waals surface area contributed by atoms with Gasteiger partial charge in [-0.15, -0.1) is 0 Å². The molecule has 0 aromatic heterocycles. The van der Waals surface area contributed by atoms with Crippen LogP contribution in [0.3, 0.4) is 0 Å². The highest BCUT2D eigenvalue weighted by molar-refractivity contribution is 6.36. The number of benzene rings is 3. The Morgan fingerprint density at radius 1 is 0.946 bits per heavy atom. The van der Waals surface area contributed by atoms with E-state index in [1.165, 1.54) is 12.8 Å². The van der Waals surface area contributed by atoms with E-state index in [1.807, 2.05) is 79.7 Å². The van der Waals surface area contributed by atoms with E-state index in [-0.39, 0.29) is 17.9 Å². The van der Waals surface area contributed by atoms with Gasteiger partial charge in [-0.1, -0.05) is 60.7 Å². The minimum atomic E-state index is -0.163. The van der Waals surface area contributed by atoms with E-state index in [2.05, 4.69) is 20.9 Å². The number of fused-ring (bicyclic) bond motifs is 4. The molecule has 3 aromatic carbocycles. The molecule has 0 saturated carbocycles. The minimum absolute atomic E-state index is 0.130. The van der Waals surface area contributed by atoms with Crippen molar-refractivity contribution in [1.29, 1.82) is 0 Å². The van der Waals surface area contributed by atoms with E-state index in [0.717, 1.165) is 47.7 Å². The monoisotopic (exact) mass is 492 g/mol. The number of carbonyl (C=O) groups is 2. The largest absolute Gasteiger partial charge is 0.380 e. The Morgan fingerprint density at radius 3 is 2.32 bits per heavy atom. The van der Waals surface area contributed by atoms with Crippen molar-refractivity contribution in [3.8, 4) is 0 Å². The first-order valence-corrected chi connectivity index (χ1v) is 13.2. The first kappa shape index (κ1) is 23.5. The predicted molar refractivity (Wildman–Crippen MR) is 147 cm³/mol. The number of hydrogen-bond acceptors (Lipinski definition) is 4. The van der Waals surface area contributed by atoms with Crippen molar-refractivity contribution in [2.75, 3.05) is 25.0 Å². The summed E-state index contributed by atoms with van der Waals surface area (Å²) >= 11 is 0. The zero-order valence-electron chi connectivity index (χ0n) is 21.0. The Bertz CT molecular complexity index is 1340. The average molecular weight is 493 g/mol. The second kappa shape index (κ2) is 9.87. The SMILES string of the molecule is C[C@@H](NC(=O)c1ccc2c(c1)C(=C(N[C@H]1CN3CCC1CC3)c1ccccc1)C(=O)N2)c1ccccc1. The van der Waals surface area contributed by atoms with Gasteiger partial charge in [0.05, 0.1) is 17.3 Å². The lowest BCUT2D eigenvalue weighted by molar-refractivity contribution is -0.110. The summed E-state index contributed by atoms with van der Waals surface area (Å²) in [6.07, 6.45) is 2.36. The molecule has 3 fully saturated rings. The number of carbonyl (C=O) groups excluding carboxylic acids is 2. The van der Waals surface area contributed by atoms with Gasteiger partial charge in [0.15, 0.2) is 0 Å². The molecule has 2 bridgehead atoms. The Kier molecular flexibility index (Phi) is 6.26. The molecule has 0 unspecified atom stereocenters. The predicted octanol–water partition coefficient (Wildman–Crippen LogP) is 4.68. The molecule has 3 aromatic rings. The Hall–Kier alpha value is -3.90. The molecule has 6 heteroatoms. The summed E-state index contributed by atoms with van der Waals surface area (Å²) in [6.45, 7) is 5.28. The van der Waals surface area contributed by atoms with Crippen LogP contribution in [-0.2, 0) is 4.79 Å². The first-order valence-electron chi connectivity index (χ1n) is 13.2. The normalized spacial score (nSPS) is 24.1. The van der Waals surface area contributed by atoms with Crippen molar-refractivity contribution in [2.45, 2.75) is 31.8 Å². The summed E-state index contributed by atoms with van der Waals surface area (Å²) in [5, 5.41) is 9.91. The smallest absolute Gasteiger partial charge is 0.258 e. The number of nitrogens with one attached hydrogen (secondary N) is 3. The lowest BCUT2D eigenvalue weighted by atomic mass is 9.83. The van der Waals surface area contributed by atoms with E-state index in [9.17, 15) is 9.59 Å². The van der Waals surface area contributed by atoms with Gasteiger partial charge in [0, 0.05) is 29.4 Å². The quantitative estimate of drug-likeness (QED) is 0.437. The molecule has 2 amide bonds. The van der Waals surface area contributed by atoms with Crippen LogP contribution in [-0.4, -0.2) is 42.4 Å². The molecule has 0 aliphatic carbocycles. The van der Waals surface area contributed by atoms with Crippen LogP contribution in [0.2, 0.25) is 0 Å². The number of piperidine rings is 3. The highest BCUT2D eigenvalue weighted by Gasteiger charge is 2.36. The van der Waals surface area contributed by atoms with Gasteiger partial charge in [-0.05, 0) is 68.1 Å². The molecule has 4 aliphatic heterocycles. The molecule has 7 rings (SSSR count). The molecular weight excluding hydrogens is 460 g/mol. The first-order chi connectivity index (χ1) is 18.1. The zero-order valence-corrected chi connectivity index (χ0v) is 21.0. The summed E-state index contributed by atoms with van der Waals surface area (Å²) in [5.41, 5.74) is 5.49. The maximum Gasteiger partial charge on any atom is 0.258 e. The fourth-order valence-electron chi connectivity index (χ4n) is 5.88. The summed E-state index contributed by atoms with van der Waals surface area (Å²) in [6, 6.07) is 25.6. The van der Waals surface area contributed by atoms with Crippen LogP contribution in [0.4, 0.5) is 5.69 Å². The molecule has 2 atom stereocenters. The van der Waals surface area contributed by atoms with Gasteiger partial charge < -0.3 is 20.9 Å². The van der Waals surface area contributed by atoms with Crippen molar-refractivity contribution < 1.29 is 9.59 Å². The van der Waals surface area contributed by atoms with Crippen LogP contribution < -0.4 is 16.0 Å². The molecule has 6 nitrogen and oxygen atoms in total. The highest BCUT2D eigenvalue weighted by Crippen LogP contribution is 2.38. The van der Waals surface area contributed by atoms with Crippen molar-refractivity contribution >= 4 is 28.8 Å². The fraction of sp³-hybridized carbons (Fsp3) is 0.290. The van der Waals surface area contributed by atoms with Gasteiger partial charge in [0.25, 0.3) is 11.8 Å². The number of nitrogens with zero attached hydrogens (tertiary/aromatic N) is 1. The van der Waals surface area contributed by atoms with Crippen molar-refractivity contribution in [3.05, 3.63) is 101 Å². The number of anilines is 1. The zero-order chi connectivity index (χ0) is 25.4. The number of rotatable bonds is 6. The van der Waals surface area contributed by atoms with Crippen LogP contribution in [0.5, 0.6) is 0 Å². The van der Waals surface area contributed by atoms with Gasteiger partial charge >= 0.3 is 0 Å². The lowest BCUT2D eigenvalue weighted by Crippen LogP contribution is -2.55. The summed E-state index contributed by atoms with van der Waals surface area (Å²) < 4.78 is 0. The fourth-order valence-corrected chi connectivity index (χ4v) is 5.88. The van der Waals surface area contributed by atoms with Crippen LogP contribution in [0.15, 0.2) is 78.9 Å². The molecule has 4 heterocycles.